The van der Waals surface area contributed by atoms with Crippen LogP contribution in [0.4, 0.5) is 11.4 Å². The number of hydrogen-bond acceptors (Lipinski definition) is 5. The summed E-state index contributed by atoms with van der Waals surface area (Å²) in [6.07, 6.45) is 0. The maximum atomic E-state index is 13.2. The summed E-state index contributed by atoms with van der Waals surface area (Å²) < 4.78 is 0.845. The molecule has 2 atom stereocenters. The van der Waals surface area contributed by atoms with Gasteiger partial charge in [0, 0.05) is 11.4 Å². The van der Waals surface area contributed by atoms with E-state index in [1.54, 1.807) is 24.3 Å². The fraction of sp³-hybridized carbons (Fsp3) is 0.200. The zero-order valence-electron chi connectivity index (χ0n) is 14.7. The number of halogens is 1. The number of benzene rings is 2. The summed E-state index contributed by atoms with van der Waals surface area (Å²) in [6.45, 7) is 3.33. The highest BCUT2D eigenvalue weighted by Gasteiger charge is 2.58. The number of anilines is 2. The Kier molecular flexibility index (Phi) is 4.19. The van der Waals surface area contributed by atoms with E-state index >= 15 is 0 Å². The summed E-state index contributed by atoms with van der Waals surface area (Å²) in [6, 6.07) is 13.5. The molecule has 0 bridgehead atoms. The standard InChI is InChI=1S/C20H16BrN3O3/c1-11-3-7-15(8-4-11)24-18-16(17(22-24)12(2)25)19(26)23(20(18)27)14-9-5-13(21)6-10-14/h3-10,16,18H,1-2H3/t16-,18+/m0/s1. The maximum absolute atomic E-state index is 13.2. The van der Waals surface area contributed by atoms with E-state index in [9.17, 15) is 14.4 Å². The fourth-order valence-corrected chi connectivity index (χ4v) is 3.72. The van der Waals surface area contributed by atoms with Gasteiger partial charge < -0.3 is 0 Å². The van der Waals surface area contributed by atoms with Crippen molar-refractivity contribution in [2.45, 2.75) is 19.9 Å². The van der Waals surface area contributed by atoms with Crippen molar-refractivity contribution in [3.63, 3.8) is 0 Å². The molecule has 0 spiro atoms. The van der Waals surface area contributed by atoms with E-state index in [-0.39, 0.29) is 17.4 Å². The van der Waals surface area contributed by atoms with Crippen LogP contribution in [-0.2, 0) is 14.4 Å². The van der Waals surface area contributed by atoms with E-state index in [1.165, 1.54) is 11.9 Å². The number of amides is 2. The monoisotopic (exact) mass is 425 g/mol. The second-order valence-electron chi connectivity index (χ2n) is 6.63. The number of hydrazone groups is 1. The van der Waals surface area contributed by atoms with Crippen LogP contribution in [0.3, 0.4) is 0 Å². The van der Waals surface area contributed by atoms with Crippen LogP contribution in [0.2, 0.25) is 0 Å². The predicted molar refractivity (Wildman–Crippen MR) is 106 cm³/mol. The largest absolute Gasteiger partial charge is 0.293 e. The third kappa shape index (κ3) is 2.78. The van der Waals surface area contributed by atoms with Crippen LogP contribution in [0.5, 0.6) is 0 Å². The summed E-state index contributed by atoms with van der Waals surface area (Å²) in [7, 11) is 0. The van der Waals surface area contributed by atoms with Crippen molar-refractivity contribution in [3.8, 4) is 0 Å². The molecule has 4 rings (SSSR count). The molecule has 1 saturated heterocycles. The van der Waals surface area contributed by atoms with Gasteiger partial charge in [-0.15, -0.1) is 0 Å². The SMILES string of the molecule is CC(=O)C1=NN(c2ccc(C)cc2)[C@H]2C(=O)N(c3ccc(Br)cc3)C(=O)[C@@H]12. The van der Waals surface area contributed by atoms with Gasteiger partial charge in [-0.3, -0.25) is 19.4 Å². The minimum atomic E-state index is -0.889. The van der Waals surface area contributed by atoms with Crippen LogP contribution >= 0.6 is 15.9 Å². The molecule has 2 aromatic rings. The number of nitrogens with zero attached hydrogens (tertiary/aromatic N) is 3. The van der Waals surface area contributed by atoms with Gasteiger partial charge in [-0.25, -0.2) is 4.90 Å². The normalized spacial score (nSPS) is 21.5. The second kappa shape index (κ2) is 6.42. The number of ketones is 1. The Morgan fingerprint density at radius 2 is 1.56 bits per heavy atom. The summed E-state index contributed by atoms with van der Waals surface area (Å²) in [5.41, 5.74) is 2.34. The zero-order chi connectivity index (χ0) is 19.3. The van der Waals surface area contributed by atoms with Gasteiger partial charge >= 0.3 is 0 Å². The van der Waals surface area contributed by atoms with E-state index in [1.807, 2.05) is 31.2 Å². The van der Waals surface area contributed by atoms with Crippen LogP contribution < -0.4 is 9.91 Å². The van der Waals surface area contributed by atoms with Crippen LogP contribution in [0.15, 0.2) is 58.1 Å². The molecule has 2 aromatic carbocycles. The van der Waals surface area contributed by atoms with Gasteiger partial charge in [0.25, 0.3) is 5.91 Å². The first-order valence-corrected chi connectivity index (χ1v) is 9.26. The first-order valence-electron chi connectivity index (χ1n) is 8.47. The lowest BCUT2D eigenvalue weighted by molar-refractivity contribution is -0.122. The number of carbonyl (C=O) groups excluding carboxylic acids is 3. The van der Waals surface area contributed by atoms with Crippen LogP contribution in [0.1, 0.15) is 12.5 Å². The van der Waals surface area contributed by atoms with Crippen molar-refractivity contribution >= 4 is 50.6 Å². The first-order chi connectivity index (χ1) is 12.9. The van der Waals surface area contributed by atoms with Gasteiger partial charge in [-0.05, 0) is 43.3 Å². The molecule has 0 aliphatic carbocycles. The number of Topliss-reactive ketones (excluding diaryl/α,β-unsaturated/α-hetero) is 1. The van der Waals surface area contributed by atoms with Gasteiger partial charge in [-0.2, -0.15) is 5.10 Å². The van der Waals surface area contributed by atoms with Crippen molar-refractivity contribution in [1.82, 2.24) is 0 Å². The topological polar surface area (TPSA) is 70.1 Å². The van der Waals surface area contributed by atoms with Crippen molar-refractivity contribution in [2.24, 2.45) is 11.0 Å². The van der Waals surface area contributed by atoms with Gasteiger partial charge in [0.1, 0.15) is 17.7 Å². The van der Waals surface area contributed by atoms with Gasteiger partial charge in [-0.1, -0.05) is 33.6 Å². The smallest absolute Gasteiger partial charge is 0.259 e. The molecular weight excluding hydrogens is 410 g/mol. The summed E-state index contributed by atoms with van der Waals surface area (Å²) >= 11 is 3.35. The molecule has 1 fully saturated rings. The molecule has 7 heteroatoms. The van der Waals surface area contributed by atoms with Crippen LogP contribution in [0, 0.1) is 12.8 Å². The quantitative estimate of drug-likeness (QED) is 0.708. The highest BCUT2D eigenvalue weighted by atomic mass is 79.9. The number of hydrogen-bond donors (Lipinski definition) is 0. The van der Waals surface area contributed by atoms with E-state index < -0.39 is 17.9 Å². The van der Waals surface area contributed by atoms with Crippen LogP contribution in [-0.4, -0.2) is 29.4 Å². The molecule has 2 aliphatic heterocycles. The Morgan fingerprint density at radius 1 is 0.963 bits per heavy atom. The van der Waals surface area contributed by atoms with E-state index in [0.717, 1.165) is 14.9 Å². The summed E-state index contributed by atoms with van der Waals surface area (Å²) in [5, 5.41) is 5.84. The molecule has 0 N–H and O–H groups in total. The highest BCUT2D eigenvalue weighted by molar-refractivity contribution is 9.10. The molecule has 2 amide bonds. The Balaban J connectivity index is 1.79. The summed E-state index contributed by atoms with van der Waals surface area (Å²) in [4.78, 5) is 39.5. The zero-order valence-corrected chi connectivity index (χ0v) is 16.3. The predicted octanol–water partition coefficient (Wildman–Crippen LogP) is 3.08. The van der Waals surface area contributed by atoms with Gasteiger partial charge in [0.15, 0.2) is 5.78 Å². The van der Waals surface area contributed by atoms with Crippen molar-refractivity contribution in [1.29, 1.82) is 0 Å². The van der Waals surface area contributed by atoms with Gasteiger partial charge in [0.2, 0.25) is 5.91 Å². The number of carbonyl (C=O) groups is 3. The third-order valence-corrected chi connectivity index (χ3v) is 5.32. The molecule has 0 unspecified atom stereocenters. The molecular formula is C20H16BrN3O3. The lowest BCUT2D eigenvalue weighted by atomic mass is 9.95. The molecule has 6 nitrogen and oxygen atoms in total. The van der Waals surface area contributed by atoms with E-state index in [2.05, 4.69) is 21.0 Å². The number of aryl methyl sites for hydroxylation is 1. The molecule has 136 valence electrons. The molecule has 0 aromatic heterocycles. The fourth-order valence-electron chi connectivity index (χ4n) is 3.46. The van der Waals surface area contributed by atoms with E-state index in [0.29, 0.717) is 11.4 Å². The number of rotatable bonds is 3. The third-order valence-electron chi connectivity index (χ3n) is 4.79. The number of imide groups is 1. The van der Waals surface area contributed by atoms with Crippen molar-refractivity contribution < 1.29 is 14.4 Å². The van der Waals surface area contributed by atoms with Crippen LogP contribution in [0.25, 0.3) is 0 Å². The van der Waals surface area contributed by atoms with Crippen molar-refractivity contribution in [3.05, 3.63) is 58.6 Å². The Morgan fingerprint density at radius 3 is 2.15 bits per heavy atom. The Hall–Kier alpha value is -2.80. The average molecular weight is 426 g/mol. The lowest BCUT2D eigenvalue weighted by Gasteiger charge is -2.22. The molecule has 0 saturated carbocycles. The second-order valence-corrected chi connectivity index (χ2v) is 7.55. The highest BCUT2D eigenvalue weighted by Crippen LogP contribution is 2.38. The van der Waals surface area contributed by atoms with Gasteiger partial charge in [0.05, 0.1) is 11.4 Å². The summed E-state index contributed by atoms with van der Waals surface area (Å²) in [5.74, 6) is -2.00. The first kappa shape index (κ1) is 17.6. The minimum Gasteiger partial charge on any atom is -0.293 e. The Bertz CT molecular complexity index is 983. The van der Waals surface area contributed by atoms with Crippen molar-refractivity contribution in [2.75, 3.05) is 9.91 Å². The minimum absolute atomic E-state index is 0.124. The average Bonchev–Trinajstić information content (AvgIpc) is 3.15. The molecule has 27 heavy (non-hydrogen) atoms. The Labute approximate surface area is 164 Å². The molecule has 2 aliphatic rings. The maximum Gasteiger partial charge on any atom is 0.259 e. The molecule has 0 radical (unpaired) electrons. The molecule has 2 heterocycles. The van der Waals surface area contributed by atoms with E-state index in [4.69, 9.17) is 0 Å². The number of fused-ring (bicyclic) bond motifs is 1. The lowest BCUT2D eigenvalue weighted by Crippen LogP contribution is -2.39.